The summed E-state index contributed by atoms with van der Waals surface area (Å²) in [6.07, 6.45) is 0.878. The van der Waals surface area contributed by atoms with Gasteiger partial charge in [0.1, 0.15) is 5.75 Å². The quantitative estimate of drug-likeness (QED) is 0.594. The van der Waals surface area contributed by atoms with Crippen molar-refractivity contribution in [2.45, 2.75) is 20.3 Å². The van der Waals surface area contributed by atoms with Crippen molar-refractivity contribution in [3.63, 3.8) is 0 Å². The van der Waals surface area contributed by atoms with E-state index in [0.717, 1.165) is 6.42 Å². The average Bonchev–Trinajstić information content (AvgIpc) is 2.61. The molecule has 0 fully saturated rings. The molecule has 0 aliphatic heterocycles. The number of ether oxygens (including phenoxy) is 2. The van der Waals surface area contributed by atoms with Crippen molar-refractivity contribution in [1.82, 2.24) is 0 Å². The molecule has 1 amide bonds. The summed E-state index contributed by atoms with van der Waals surface area (Å²) in [6, 6.07) is 11.4. The van der Waals surface area contributed by atoms with E-state index in [1.807, 2.05) is 6.92 Å². The Labute approximate surface area is 146 Å². The van der Waals surface area contributed by atoms with Crippen molar-refractivity contribution in [3.05, 3.63) is 53.6 Å². The summed E-state index contributed by atoms with van der Waals surface area (Å²) in [5.41, 5.74) is 7.76. The zero-order valence-corrected chi connectivity index (χ0v) is 14.4. The van der Waals surface area contributed by atoms with E-state index >= 15 is 0 Å². The van der Waals surface area contributed by atoms with Crippen LogP contribution in [-0.2, 0) is 4.74 Å². The molecule has 0 aliphatic rings. The molecule has 6 nitrogen and oxygen atoms in total. The number of benzene rings is 2. The lowest BCUT2D eigenvalue weighted by Gasteiger charge is -2.10. The van der Waals surface area contributed by atoms with Crippen molar-refractivity contribution in [1.29, 1.82) is 0 Å². The van der Waals surface area contributed by atoms with Gasteiger partial charge in [0.25, 0.3) is 5.91 Å². The summed E-state index contributed by atoms with van der Waals surface area (Å²) >= 11 is 0. The van der Waals surface area contributed by atoms with E-state index in [1.165, 1.54) is 0 Å². The van der Waals surface area contributed by atoms with Crippen LogP contribution in [0.5, 0.6) is 5.75 Å². The smallest absolute Gasteiger partial charge is 0.338 e. The highest BCUT2D eigenvalue weighted by atomic mass is 16.5. The lowest BCUT2D eigenvalue weighted by Crippen LogP contribution is -2.13. The molecule has 3 N–H and O–H groups in total. The molecule has 2 aromatic carbocycles. The van der Waals surface area contributed by atoms with Crippen molar-refractivity contribution in [3.8, 4) is 5.75 Å². The number of hydrogen-bond donors (Lipinski definition) is 2. The number of nitrogens with one attached hydrogen (secondary N) is 1. The van der Waals surface area contributed by atoms with Gasteiger partial charge in [-0.3, -0.25) is 4.79 Å². The Kier molecular flexibility index (Phi) is 6.39. The third kappa shape index (κ3) is 4.97. The van der Waals surface area contributed by atoms with Crippen LogP contribution in [0, 0.1) is 0 Å². The summed E-state index contributed by atoms with van der Waals surface area (Å²) in [5.74, 6) is -0.120. The van der Waals surface area contributed by atoms with Gasteiger partial charge >= 0.3 is 5.97 Å². The van der Waals surface area contributed by atoms with E-state index in [4.69, 9.17) is 15.2 Å². The molecule has 0 unspecified atom stereocenters. The molecule has 0 aliphatic carbocycles. The predicted octanol–water partition coefficient (Wildman–Crippen LogP) is 3.49. The second-order valence-corrected chi connectivity index (χ2v) is 5.35. The first-order chi connectivity index (χ1) is 12.0. The molecule has 0 saturated carbocycles. The van der Waals surface area contributed by atoms with Gasteiger partial charge in [-0.2, -0.15) is 0 Å². The third-order valence-electron chi connectivity index (χ3n) is 3.39. The normalized spacial score (nSPS) is 10.2. The Balaban J connectivity index is 2.04. The summed E-state index contributed by atoms with van der Waals surface area (Å²) in [6.45, 7) is 4.64. The molecule has 0 saturated heterocycles. The Bertz CT molecular complexity index is 742. The number of amides is 1. The van der Waals surface area contributed by atoms with Crippen LogP contribution in [0.1, 0.15) is 41.0 Å². The van der Waals surface area contributed by atoms with Crippen molar-refractivity contribution >= 4 is 23.3 Å². The van der Waals surface area contributed by atoms with Crippen LogP contribution in [0.3, 0.4) is 0 Å². The van der Waals surface area contributed by atoms with Gasteiger partial charge in [-0.15, -0.1) is 0 Å². The minimum Gasteiger partial charge on any atom is -0.491 e. The minimum absolute atomic E-state index is 0.294. The van der Waals surface area contributed by atoms with Gasteiger partial charge in [-0.25, -0.2) is 4.79 Å². The molecule has 0 heterocycles. The molecular weight excluding hydrogens is 320 g/mol. The molecular formula is C19H22N2O4. The third-order valence-corrected chi connectivity index (χ3v) is 3.39. The number of rotatable bonds is 7. The fourth-order valence-electron chi connectivity index (χ4n) is 2.14. The van der Waals surface area contributed by atoms with Gasteiger partial charge in [0.05, 0.1) is 24.5 Å². The number of carbonyl (C=O) groups is 2. The Morgan fingerprint density at radius 1 is 1.04 bits per heavy atom. The Morgan fingerprint density at radius 2 is 1.72 bits per heavy atom. The van der Waals surface area contributed by atoms with Gasteiger partial charge < -0.3 is 20.5 Å². The number of anilines is 2. The molecule has 2 rings (SSSR count). The zero-order valence-electron chi connectivity index (χ0n) is 14.4. The lowest BCUT2D eigenvalue weighted by molar-refractivity contribution is 0.0526. The van der Waals surface area contributed by atoms with Crippen LogP contribution < -0.4 is 15.8 Å². The number of nitrogens with two attached hydrogens (primary N) is 1. The maximum Gasteiger partial charge on any atom is 0.338 e. The zero-order chi connectivity index (χ0) is 18.2. The van der Waals surface area contributed by atoms with E-state index in [1.54, 1.807) is 49.4 Å². The van der Waals surface area contributed by atoms with Crippen molar-refractivity contribution < 1.29 is 19.1 Å². The van der Waals surface area contributed by atoms with Crippen LogP contribution in [0.25, 0.3) is 0 Å². The van der Waals surface area contributed by atoms with Gasteiger partial charge in [0, 0.05) is 11.3 Å². The lowest BCUT2D eigenvalue weighted by atomic mass is 10.1. The first-order valence-electron chi connectivity index (χ1n) is 8.16. The number of nitrogen functional groups attached to an aromatic ring is 1. The fraction of sp³-hybridized carbons (Fsp3) is 0.263. The van der Waals surface area contributed by atoms with Crippen LogP contribution >= 0.6 is 0 Å². The van der Waals surface area contributed by atoms with Crippen molar-refractivity contribution in [2.75, 3.05) is 24.3 Å². The average molecular weight is 342 g/mol. The van der Waals surface area contributed by atoms with Crippen LogP contribution in [0.4, 0.5) is 11.4 Å². The van der Waals surface area contributed by atoms with Crippen LogP contribution in [0.2, 0.25) is 0 Å². The highest BCUT2D eigenvalue weighted by molar-refractivity contribution is 6.05. The molecule has 25 heavy (non-hydrogen) atoms. The summed E-state index contributed by atoms with van der Waals surface area (Å²) in [4.78, 5) is 23.9. The van der Waals surface area contributed by atoms with Gasteiger partial charge in [-0.05, 0) is 55.8 Å². The molecule has 0 aromatic heterocycles. The van der Waals surface area contributed by atoms with E-state index in [0.29, 0.717) is 41.5 Å². The maximum absolute atomic E-state index is 12.3. The second kappa shape index (κ2) is 8.73. The highest BCUT2D eigenvalue weighted by Crippen LogP contribution is 2.23. The summed E-state index contributed by atoms with van der Waals surface area (Å²) < 4.78 is 10.4. The first kappa shape index (κ1) is 18.3. The predicted molar refractivity (Wildman–Crippen MR) is 97.0 cm³/mol. The molecule has 6 heteroatoms. The van der Waals surface area contributed by atoms with Gasteiger partial charge in [-0.1, -0.05) is 6.92 Å². The van der Waals surface area contributed by atoms with E-state index in [2.05, 4.69) is 5.32 Å². The molecule has 132 valence electrons. The summed E-state index contributed by atoms with van der Waals surface area (Å²) in [5, 5.41) is 2.76. The molecule has 0 radical (unpaired) electrons. The number of esters is 1. The number of carbonyl (C=O) groups excluding carboxylic acids is 2. The molecule has 0 spiro atoms. The van der Waals surface area contributed by atoms with E-state index < -0.39 is 5.97 Å². The first-order valence-corrected chi connectivity index (χ1v) is 8.16. The minimum atomic E-state index is -0.393. The Morgan fingerprint density at radius 3 is 2.32 bits per heavy atom. The van der Waals surface area contributed by atoms with Gasteiger partial charge in [0.15, 0.2) is 0 Å². The summed E-state index contributed by atoms with van der Waals surface area (Å²) in [7, 11) is 0. The second-order valence-electron chi connectivity index (χ2n) is 5.35. The molecule has 2 aromatic rings. The highest BCUT2D eigenvalue weighted by Gasteiger charge is 2.11. The van der Waals surface area contributed by atoms with Gasteiger partial charge in [0.2, 0.25) is 0 Å². The Hall–Kier alpha value is -3.02. The monoisotopic (exact) mass is 342 g/mol. The number of hydrogen-bond acceptors (Lipinski definition) is 5. The van der Waals surface area contributed by atoms with Crippen molar-refractivity contribution in [2.24, 2.45) is 0 Å². The van der Waals surface area contributed by atoms with E-state index in [-0.39, 0.29) is 5.91 Å². The fourth-order valence-corrected chi connectivity index (χ4v) is 2.14. The van der Waals surface area contributed by atoms with E-state index in [9.17, 15) is 9.59 Å². The SMILES string of the molecule is CCCOc1ccc(C(=O)Nc2ccc(C(=O)OCC)cc2)cc1N. The van der Waals surface area contributed by atoms with Crippen LogP contribution in [0.15, 0.2) is 42.5 Å². The standard InChI is InChI=1S/C19H22N2O4/c1-3-11-25-17-10-7-14(12-16(17)20)18(22)21-15-8-5-13(6-9-15)19(23)24-4-2/h5-10,12H,3-4,11,20H2,1-2H3,(H,21,22). The molecule has 0 atom stereocenters. The topological polar surface area (TPSA) is 90.6 Å². The largest absolute Gasteiger partial charge is 0.491 e. The maximum atomic E-state index is 12.3. The van der Waals surface area contributed by atoms with Crippen LogP contribution in [-0.4, -0.2) is 25.1 Å². The molecule has 0 bridgehead atoms.